The van der Waals surface area contributed by atoms with Crippen LogP contribution in [0, 0.1) is 10.1 Å². The Morgan fingerprint density at radius 2 is 1.64 bits per heavy atom. The normalized spacial score (nSPS) is 11.3. The van der Waals surface area contributed by atoms with Crippen LogP contribution >= 0.6 is 0 Å². The maximum Gasteiger partial charge on any atom is 0.311 e. The van der Waals surface area contributed by atoms with Crippen molar-refractivity contribution >= 4 is 17.5 Å². The van der Waals surface area contributed by atoms with E-state index in [0.29, 0.717) is 13.0 Å². The van der Waals surface area contributed by atoms with Crippen molar-refractivity contribution in [2.75, 3.05) is 20.3 Å². The molecule has 9 nitrogen and oxygen atoms in total. The monoisotopic (exact) mass is 491 g/mol. The van der Waals surface area contributed by atoms with Crippen LogP contribution in [-0.2, 0) is 22.6 Å². The molecule has 3 rings (SSSR count). The van der Waals surface area contributed by atoms with Crippen LogP contribution < -0.4 is 14.8 Å². The van der Waals surface area contributed by atoms with Crippen LogP contribution in [-0.4, -0.2) is 47.9 Å². The van der Waals surface area contributed by atoms with Crippen molar-refractivity contribution in [3.8, 4) is 11.5 Å². The van der Waals surface area contributed by atoms with E-state index in [1.165, 1.54) is 30.2 Å². The van der Waals surface area contributed by atoms with E-state index in [9.17, 15) is 19.7 Å². The number of hydrogen-bond donors (Lipinski definition) is 1. The number of rotatable bonds is 12. The summed E-state index contributed by atoms with van der Waals surface area (Å²) in [5, 5.41) is 14.0. The molecule has 0 aliphatic heterocycles. The quantitative estimate of drug-likeness (QED) is 0.305. The van der Waals surface area contributed by atoms with Crippen molar-refractivity contribution in [1.29, 1.82) is 0 Å². The number of nitrogens with one attached hydrogen (secondary N) is 1. The molecule has 0 aromatic heterocycles. The van der Waals surface area contributed by atoms with Crippen molar-refractivity contribution in [2.45, 2.75) is 25.9 Å². The van der Waals surface area contributed by atoms with Crippen LogP contribution in [0.5, 0.6) is 11.5 Å². The fourth-order valence-electron chi connectivity index (χ4n) is 3.75. The molecule has 0 aliphatic rings. The Hall–Kier alpha value is -4.40. The number of benzene rings is 3. The number of nitro benzene ring substituents is 1. The van der Waals surface area contributed by atoms with Gasteiger partial charge in [-0.05, 0) is 24.1 Å². The van der Waals surface area contributed by atoms with E-state index in [1.807, 2.05) is 67.6 Å². The fourth-order valence-corrected chi connectivity index (χ4v) is 3.75. The van der Waals surface area contributed by atoms with Crippen LogP contribution in [0.1, 0.15) is 18.1 Å². The van der Waals surface area contributed by atoms with Crippen LogP contribution in [0.4, 0.5) is 5.69 Å². The van der Waals surface area contributed by atoms with E-state index in [0.717, 1.165) is 11.1 Å². The first kappa shape index (κ1) is 26.2. The van der Waals surface area contributed by atoms with Gasteiger partial charge in [0.15, 0.2) is 6.61 Å². The molecular weight excluding hydrogens is 462 g/mol. The van der Waals surface area contributed by atoms with Gasteiger partial charge in [0.25, 0.3) is 5.91 Å². The molecule has 1 N–H and O–H groups in total. The van der Waals surface area contributed by atoms with E-state index in [2.05, 4.69) is 5.32 Å². The second-order valence-corrected chi connectivity index (χ2v) is 7.99. The number of amides is 2. The molecule has 0 aliphatic carbocycles. The van der Waals surface area contributed by atoms with Crippen LogP contribution in [0.2, 0.25) is 0 Å². The molecule has 3 aromatic carbocycles. The third-order valence-electron chi connectivity index (χ3n) is 5.53. The smallest absolute Gasteiger partial charge is 0.311 e. The molecule has 9 heteroatoms. The topological polar surface area (TPSA) is 111 Å². The summed E-state index contributed by atoms with van der Waals surface area (Å²) in [6, 6.07) is 22.1. The SMILES string of the molecule is CCNC(=O)C(Cc1ccccc1)N(Cc1ccccc1)C(=O)COc1ccc([N+](=O)[O-])c(OC)c1. The lowest BCUT2D eigenvalue weighted by atomic mass is 10.0. The highest BCUT2D eigenvalue weighted by Gasteiger charge is 2.30. The lowest BCUT2D eigenvalue weighted by Gasteiger charge is -2.31. The number of carbonyl (C=O) groups is 2. The molecule has 1 unspecified atom stereocenters. The second kappa shape index (κ2) is 12.9. The Balaban J connectivity index is 1.87. The Kier molecular flexibility index (Phi) is 9.39. The van der Waals surface area contributed by atoms with Gasteiger partial charge < -0.3 is 19.7 Å². The van der Waals surface area contributed by atoms with Crippen molar-refractivity contribution in [2.24, 2.45) is 0 Å². The minimum Gasteiger partial charge on any atom is -0.490 e. The molecule has 0 radical (unpaired) electrons. The van der Waals surface area contributed by atoms with Gasteiger partial charge >= 0.3 is 5.69 Å². The predicted molar refractivity (Wildman–Crippen MR) is 135 cm³/mol. The molecule has 0 spiro atoms. The average Bonchev–Trinajstić information content (AvgIpc) is 2.90. The molecule has 36 heavy (non-hydrogen) atoms. The zero-order valence-corrected chi connectivity index (χ0v) is 20.3. The van der Waals surface area contributed by atoms with Gasteiger partial charge in [-0.3, -0.25) is 19.7 Å². The molecular formula is C27H29N3O6. The maximum absolute atomic E-state index is 13.5. The predicted octanol–water partition coefficient (Wildman–Crippen LogP) is 3.76. The number of nitro groups is 1. The zero-order chi connectivity index (χ0) is 25.9. The first-order valence-corrected chi connectivity index (χ1v) is 11.5. The van der Waals surface area contributed by atoms with E-state index in [1.54, 1.807) is 0 Å². The largest absolute Gasteiger partial charge is 0.490 e. The third-order valence-corrected chi connectivity index (χ3v) is 5.53. The number of hydrogen-bond acceptors (Lipinski definition) is 6. The number of methoxy groups -OCH3 is 1. The molecule has 0 saturated carbocycles. The molecule has 0 saturated heterocycles. The maximum atomic E-state index is 13.5. The van der Waals surface area contributed by atoms with Gasteiger partial charge in [0, 0.05) is 31.6 Å². The molecule has 2 amide bonds. The second-order valence-electron chi connectivity index (χ2n) is 7.99. The highest BCUT2D eigenvalue weighted by atomic mass is 16.6. The Bertz CT molecular complexity index is 1170. The van der Waals surface area contributed by atoms with Crippen molar-refractivity contribution in [3.63, 3.8) is 0 Å². The number of nitrogens with zero attached hydrogens (tertiary/aromatic N) is 2. The standard InChI is InChI=1S/C27H29N3O6/c1-3-28-27(32)24(16-20-10-6-4-7-11-20)29(18-21-12-8-5-9-13-21)26(31)19-36-22-14-15-23(30(33)34)25(17-22)35-2/h4-15,17,24H,3,16,18-19H2,1-2H3,(H,28,32). The lowest BCUT2D eigenvalue weighted by molar-refractivity contribution is -0.385. The zero-order valence-electron chi connectivity index (χ0n) is 20.3. The molecule has 0 bridgehead atoms. The highest BCUT2D eigenvalue weighted by Crippen LogP contribution is 2.30. The summed E-state index contributed by atoms with van der Waals surface area (Å²) in [6.45, 7) is 2.10. The summed E-state index contributed by atoms with van der Waals surface area (Å²) in [5.41, 5.74) is 1.58. The Labute approximate surface area is 209 Å². The number of likely N-dealkylation sites (N-methyl/N-ethyl adjacent to an activating group) is 1. The number of ether oxygens (including phenoxy) is 2. The van der Waals surface area contributed by atoms with Gasteiger partial charge in [0.1, 0.15) is 11.8 Å². The Morgan fingerprint density at radius 1 is 1.00 bits per heavy atom. The highest BCUT2D eigenvalue weighted by molar-refractivity contribution is 5.88. The number of carbonyl (C=O) groups excluding carboxylic acids is 2. The van der Waals surface area contributed by atoms with Gasteiger partial charge in [-0.15, -0.1) is 0 Å². The summed E-state index contributed by atoms with van der Waals surface area (Å²) in [5.74, 6) is -0.399. The van der Waals surface area contributed by atoms with Gasteiger partial charge in [0.05, 0.1) is 12.0 Å². The van der Waals surface area contributed by atoms with Crippen molar-refractivity contribution in [3.05, 3.63) is 100 Å². The first-order chi connectivity index (χ1) is 17.4. The van der Waals surface area contributed by atoms with Gasteiger partial charge in [-0.1, -0.05) is 60.7 Å². The minimum atomic E-state index is -0.768. The van der Waals surface area contributed by atoms with E-state index in [-0.39, 0.29) is 36.2 Å². The summed E-state index contributed by atoms with van der Waals surface area (Å²) in [6.07, 6.45) is 0.330. The van der Waals surface area contributed by atoms with E-state index >= 15 is 0 Å². The lowest BCUT2D eigenvalue weighted by Crippen LogP contribution is -2.51. The molecule has 0 heterocycles. The summed E-state index contributed by atoms with van der Waals surface area (Å²) >= 11 is 0. The van der Waals surface area contributed by atoms with Crippen LogP contribution in [0.15, 0.2) is 78.9 Å². The van der Waals surface area contributed by atoms with Crippen LogP contribution in [0.25, 0.3) is 0 Å². The van der Waals surface area contributed by atoms with Gasteiger partial charge in [-0.2, -0.15) is 0 Å². The Morgan fingerprint density at radius 3 is 2.22 bits per heavy atom. The minimum absolute atomic E-state index is 0.0235. The molecule has 0 fully saturated rings. The van der Waals surface area contributed by atoms with Gasteiger partial charge in [0.2, 0.25) is 11.7 Å². The van der Waals surface area contributed by atoms with E-state index in [4.69, 9.17) is 9.47 Å². The molecule has 3 aromatic rings. The first-order valence-electron chi connectivity index (χ1n) is 11.5. The van der Waals surface area contributed by atoms with Gasteiger partial charge in [-0.25, -0.2) is 0 Å². The van der Waals surface area contributed by atoms with Crippen molar-refractivity contribution in [1.82, 2.24) is 10.2 Å². The third kappa shape index (κ3) is 7.05. The van der Waals surface area contributed by atoms with Crippen molar-refractivity contribution < 1.29 is 24.0 Å². The van der Waals surface area contributed by atoms with E-state index < -0.39 is 16.9 Å². The summed E-state index contributed by atoms with van der Waals surface area (Å²) < 4.78 is 10.8. The summed E-state index contributed by atoms with van der Waals surface area (Å²) in [4.78, 5) is 38.7. The van der Waals surface area contributed by atoms with Crippen LogP contribution in [0.3, 0.4) is 0 Å². The fraction of sp³-hybridized carbons (Fsp3) is 0.259. The average molecular weight is 492 g/mol. The molecule has 188 valence electrons. The summed E-state index contributed by atoms with van der Waals surface area (Å²) in [7, 11) is 1.32. The molecule has 1 atom stereocenters.